The van der Waals surface area contributed by atoms with Gasteiger partial charge in [-0.1, -0.05) is 24.3 Å². The lowest BCUT2D eigenvalue weighted by atomic mass is 10.1. The highest BCUT2D eigenvalue weighted by Gasteiger charge is 2.08. The van der Waals surface area contributed by atoms with E-state index in [1.807, 2.05) is 12.1 Å². The summed E-state index contributed by atoms with van der Waals surface area (Å²) >= 11 is 0. The average molecular weight is 328 g/mol. The molecule has 0 aliphatic rings. The molecule has 0 amide bonds. The molecule has 0 aliphatic carbocycles. The summed E-state index contributed by atoms with van der Waals surface area (Å²) in [5, 5.41) is 6.68. The van der Waals surface area contributed by atoms with Gasteiger partial charge in [0.25, 0.3) is 0 Å². The minimum Gasteiger partial charge on any atom is -0.468 e. The Bertz CT molecular complexity index is 635. The first-order valence-corrected chi connectivity index (χ1v) is 8.33. The highest BCUT2D eigenvalue weighted by atomic mass is 16.3. The standard InChI is InChI=1S/C19H28N4O/c1-15(2)22-19(20-3)21-12-16-8-5-6-9-17(16)13-23(4)14-18-10-7-11-24-18/h5-11,15H,12-14H2,1-4H3,(H2,20,21,22). The smallest absolute Gasteiger partial charge is 0.191 e. The summed E-state index contributed by atoms with van der Waals surface area (Å²) in [4.78, 5) is 6.50. The first-order chi connectivity index (χ1) is 11.6. The molecule has 0 fully saturated rings. The highest BCUT2D eigenvalue weighted by molar-refractivity contribution is 5.79. The second-order valence-corrected chi connectivity index (χ2v) is 6.25. The van der Waals surface area contributed by atoms with Crippen molar-refractivity contribution in [2.24, 2.45) is 4.99 Å². The first kappa shape index (κ1) is 18.1. The van der Waals surface area contributed by atoms with E-state index in [4.69, 9.17) is 4.42 Å². The minimum atomic E-state index is 0.353. The Morgan fingerprint density at radius 3 is 2.50 bits per heavy atom. The molecule has 0 unspecified atom stereocenters. The van der Waals surface area contributed by atoms with Gasteiger partial charge in [0.1, 0.15) is 5.76 Å². The van der Waals surface area contributed by atoms with Crippen molar-refractivity contribution in [1.82, 2.24) is 15.5 Å². The summed E-state index contributed by atoms with van der Waals surface area (Å²) in [7, 11) is 3.90. The van der Waals surface area contributed by atoms with Crippen molar-refractivity contribution in [3.63, 3.8) is 0 Å². The molecule has 5 heteroatoms. The Hall–Kier alpha value is -2.27. The molecular formula is C19H28N4O. The SMILES string of the molecule is CN=C(NCc1ccccc1CN(C)Cc1ccco1)NC(C)C. The van der Waals surface area contributed by atoms with Crippen LogP contribution in [0.3, 0.4) is 0 Å². The van der Waals surface area contributed by atoms with Gasteiger partial charge in [-0.15, -0.1) is 0 Å². The summed E-state index contributed by atoms with van der Waals surface area (Å²) in [5.41, 5.74) is 2.58. The van der Waals surface area contributed by atoms with Gasteiger partial charge < -0.3 is 15.1 Å². The van der Waals surface area contributed by atoms with Crippen LogP contribution < -0.4 is 10.6 Å². The lowest BCUT2D eigenvalue weighted by Gasteiger charge is -2.19. The van der Waals surface area contributed by atoms with Crippen molar-refractivity contribution < 1.29 is 4.42 Å². The van der Waals surface area contributed by atoms with Gasteiger partial charge in [0.2, 0.25) is 0 Å². The predicted octanol–water partition coefficient (Wildman–Crippen LogP) is 2.99. The van der Waals surface area contributed by atoms with E-state index in [1.165, 1.54) is 11.1 Å². The molecule has 1 aromatic heterocycles. The van der Waals surface area contributed by atoms with Gasteiger partial charge in [0.15, 0.2) is 5.96 Å². The van der Waals surface area contributed by atoms with Gasteiger partial charge >= 0.3 is 0 Å². The molecule has 2 aromatic rings. The van der Waals surface area contributed by atoms with E-state index in [0.29, 0.717) is 6.04 Å². The number of nitrogens with zero attached hydrogens (tertiary/aromatic N) is 2. The summed E-state index contributed by atoms with van der Waals surface area (Å²) in [6.07, 6.45) is 1.72. The maximum absolute atomic E-state index is 5.42. The van der Waals surface area contributed by atoms with Crippen molar-refractivity contribution in [3.8, 4) is 0 Å². The Labute approximate surface area is 144 Å². The van der Waals surface area contributed by atoms with Crippen molar-refractivity contribution in [2.75, 3.05) is 14.1 Å². The quantitative estimate of drug-likeness (QED) is 0.606. The van der Waals surface area contributed by atoms with Crippen molar-refractivity contribution >= 4 is 5.96 Å². The van der Waals surface area contributed by atoms with Crippen LogP contribution in [0.1, 0.15) is 30.7 Å². The second-order valence-electron chi connectivity index (χ2n) is 6.25. The minimum absolute atomic E-state index is 0.353. The number of aliphatic imine (C=N–C) groups is 1. The van der Waals surface area contributed by atoms with Gasteiger partial charge in [0, 0.05) is 26.2 Å². The third kappa shape index (κ3) is 5.74. The molecule has 0 spiro atoms. The normalized spacial score (nSPS) is 12.0. The van der Waals surface area contributed by atoms with E-state index in [0.717, 1.165) is 31.4 Å². The van der Waals surface area contributed by atoms with Crippen LogP contribution in [0.2, 0.25) is 0 Å². The number of rotatable bonds is 7. The molecule has 0 saturated carbocycles. The van der Waals surface area contributed by atoms with Gasteiger partial charge in [-0.25, -0.2) is 0 Å². The van der Waals surface area contributed by atoms with Crippen LogP contribution in [0.15, 0.2) is 52.1 Å². The number of furan rings is 1. The Morgan fingerprint density at radius 2 is 1.88 bits per heavy atom. The molecular weight excluding hydrogens is 300 g/mol. The topological polar surface area (TPSA) is 52.8 Å². The van der Waals surface area contributed by atoms with Crippen molar-refractivity contribution in [2.45, 2.75) is 39.5 Å². The van der Waals surface area contributed by atoms with Crippen molar-refractivity contribution in [1.29, 1.82) is 0 Å². The van der Waals surface area contributed by atoms with Crippen LogP contribution in [0.25, 0.3) is 0 Å². The molecule has 1 heterocycles. The Morgan fingerprint density at radius 1 is 1.12 bits per heavy atom. The average Bonchev–Trinajstić information content (AvgIpc) is 3.05. The molecule has 2 N–H and O–H groups in total. The van der Waals surface area contributed by atoms with Crippen LogP contribution in [-0.2, 0) is 19.6 Å². The molecule has 2 rings (SSSR count). The lowest BCUT2D eigenvalue weighted by Crippen LogP contribution is -2.40. The molecule has 0 saturated heterocycles. The maximum atomic E-state index is 5.42. The predicted molar refractivity (Wildman–Crippen MR) is 98.8 cm³/mol. The molecule has 0 aliphatic heterocycles. The zero-order chi connectivity index (χ0) is 17.4. The monoisotopic (exact) mass is 328 g/mol. The number of hydrogen-bond acceptors (Lipinski definition) is 3. The van der Waals surface area contributed by atoms with E-state index in [2.05, 4.69) is 65.7 Å². The maximum Gasteiger partial charge on any atom is 0.191 e. The van der Waals surface area contributed by atoms with Gasteiger partial charge in [-0.2, -0.15) is 0 Å². The van der Waals surface area contributed by atoms with E-state index in [1.54, 1.807) is 13.3 Å². The fourth-order valence-corrected chi connectivity index (χ4v) is 2.55. The molecule has 0 radical (unpaired) electrons. The van der Waals surface area contributed by atoms with Crippen LogP contribution in [0, 0.1) is 0 Å². The molecule has 1 aromatic carbocycles. The van der Waals surface area contributed by atoms with E-state index in [9.17, 15) is 0 Å². The van der Waals surface area contributed by atoms with Crippen LogP contribution in [-0.4, -0.2) is 31.0 Å². The first-order valence-electron chi connectivity index (χ1n) is 8.33. The number of benzene rings is 1. The third-order valence-electron chi connectivity index (χ3n) is 3.66. The van der Waals surface area contributed by atoms with Gasteiger partial charge in [-0.05, 0) is 44.2 Å². The molecule has 24 heavy (non-hydrogen) atoms. The molecule has 130 valence electrons. The highest BCUT2D eigenvalue weighted by Crippen LogP contribution is 2.13. The van der Waals surface area contributed by atoms with E-state index < -0.39 is 0 Å². The molecule has 0 bridgehead atoms. The summed E-state index contributed by atoms with van der Waals surface area (Å²) < 4.78 is 5.42. The van der Waals surface area contributed by atoms with Crippen LogP contribution in [0.4, 0.5) is 0 Å². The summed E-state index contributed by atoms with van der Waals surface area (Å²) in [6, 6.07) is 12.8. The van der Waals surface area contributed by atoms with Crippen molar-refractivity contribution in [3.05, 3.63) is 59.5 Å². The Balaban J connectivity index is 1.96. The fourth-order valence-electron chi connectivity index (χ4n) is 2.55. The third-order valence-corrected chi connectivity index (χ3v) is 3.66. The number of nitrogens with one attached hydrogen (secondary N) is 2. The summed E-state index contributed by atoms with van der Waals surface area (Å²) in [5.74, 6) is 1.80. The number of hydrogen-bond donors (Lipinski definition) is 2. The Kier molecular flexibility index (Phi) is 6.88. The zero-order valence-corrected chi connectivity index (χ0v) is 15.0. The lowest BCUT2D eigenvalue weighted by molar-refractivity contribution is 0.287. The van der Waals surface area contributed by atoms with E-state index >= 15 is 0 Å². The molecule has 5 nitrogen and oxygen atoms in total. The molecule has 0 atom stereocenters. The summed E-state index contributed by atoms with van der Waals surface area (Å²) in [6.45, 7) is 6.62. The number of guanidine groups is 1. The largest absolute Gasteiger partial charge is 0.468 e. The second kappa shape index (κ2) is 9.13. The van der Waals surface area contributed by atoms with Gasteiger partial charge in [0.05, 0.1) is 12.8 Å². The van der Waals surface area contributed by atoms with Crippen LogP contribution >= 0.6 is 0 Å². The fraction of sp³-hybridized carbons (Fsp3) is 0.421. The zero-order valence-electron chi connectivity index (χ0n) is 15.0. The van der Waals surface area contributed by atoms with Gasteiger partial charge in [-0.3, -0.25) is 9.89 Å². The van der Waals surface area contributed by atoms with Crippen LogP contribution in [0.5, 0.6) is 0 Å². The van der Waals surface area contributed by atoms with E-state index in [-0.39, 0.29) is 0 Å².